The van der Waals surface area contributed by atoms with Crippen molar-refractivity contribution in [3.63, 3.8) is 0 Å². The van der Waals surface area contributed by atoms with Gasteiger partial charge in [-0.3, -0.25) is 28.8 Å². The van der Waals surface area contributed by atoms with Crippen LogP contribution in [0.4, 0.5) is 0 Å². The van der Waals surface area contributed by atoms with E-state index in [-0.39, 0.29) is 44.3 Å². The Labute approximate surface area is 335 Å². The lowest BCUT2D eigenvalue weighted by Crippen LogP contribution is -2.58. The molecule has 0 saturated heterocycles. The third kappa shape index (κ3) is 15.5. The predicted molar refractivity (Wildman–Crippen MR) is 214 cm³/mol. The summed E-state index contributed by atoms with van der Waals surface area (Å²) in [5, 5.41) is 32.8. The van der Waals surface area contributed by atoms with E-state index >= 15 is 0 Å². The first-order valence-electron chi connectivity index (χ1n) is 19.2. The van der Waals surface area contributed by atoms with Crippen LogP contribution in [0.15, 0.2) is 54.7 Å². The van der Waals surface area contributed by atoms with Crippen molar-refractivity contribution in [1.29, 1.82) is 0 Å². The summed E-state index contributed by atoms with van der Waals surface area (Å²) in [4.78, 5) is 93.6. The molecule has 0 bridgehead atoms. The molecule has 1 aromatic heterocycles. The number of rotatable bonds is 26. The standard InChI is InChI=1S/C39H56N10O9/c40-17-5-3-9-29(36(54)47-30(10-4-6-18-41)37(55)49-31(39(57)58)15-16-33(43)51)48-38(56)32(20-24-21-44-28-8-2-1-7-26(24)28)46-34(52)22-45-35(53)27(42)19-23-11-13-25(50)14-12-23/h1-2,7-8,11-14,21,27,29-32,44,50H,3-6,9-10,15-20,22,40-42H2,(H2,43,51)(H,45,53)(H,46,52)(H,47,54)(H,48,56)(H,49,55)(H,57,58)/t27-,29-,30-,31-,32-/m0/s1. The van der Waals surface area contributed by atoms with E-state index in [9.17, 15) is 43.8 Å². The number of nitrogens with two attached hydrogens (primary N) is 4. The molecule has 19 heteroatoms. The number of carboxylic acids is 1. The van der Waals surface area contributed by atoms with Gasteiger partial charge >= 0.3 is 5.97 Å². The normalized spacial score (nSPS) is 13.6. The van der Waals surface area contributed by atoms with Crippen LogP contribution < -0.4 is 49.5 Å². The number of aromatic nitrogens is 1. The van der Waals surface area contributed by atoms with E-state index in [1.807, 2.05) is 24.3 Å². The molecule has 0 radical (unpaired) electrons. The highest BCUT2D eigenvalue weighted by molar-refractivity contribution is 5.96. The Bertz CT molecular complexity index is 1850. The van der Waals surface area contributed by atoms with Crippen LogP contribution in [0.1, 0.15) is 62.5 Å². The average molecular weight is 809 g/mol. The van der Waals surface area contributed by atoms with Gasteiger partial charge in [0.05, 0.1) is 12.6 Å². The van der Waals surface area contributed by atoms with Crippen molar-refractivity contribution in [3.05, 3.63) is 65.9 Å². The molecule has 0 aliphatic heterocycles. The van der Waals surface area contributed by atoms with E-state index in [0.29, 0.717) is 49.9 Å². The van der Waals surface area contributed by atoms with Crippen LogP contribution in [0, 0.1) is 0 Å². The molecule has 0 spiro atoms. The quantitative estimate of drug-likeness (QED) is 0.0419. The minimum Gasteiger partial charge on any atom is -0.508 e. The van der Waals surface area contributed by atoms with Crippen molar-refractivity contribution in [2.45, 2.75) is 94.4 Å². The number of carbonyl (C=O) groups excluding carboxylic acids is 6. The number of hydrogen-bond donors (Lipinski definition) is 12. The van der Waals surface area contributed by atoms with E-state index < -0.39 is 78.2 Å². The van der Waals surface area contributed by atoms with Gasteiger partial charge in [-0.05, 0) is 93.8 Å². The lowest BCUT2D eigenvalue weighted by atomic mass is 10.0. The molecule has 3 aromatic rings. The third-order valence-electron chi connectivity index (χ3n) is 9.36. The summed E-state index contributed by atoms with van der Waals surface area (Å²) in [6.07, 6.45) is 3.26. The molecule has 0 aliphatic rings. The zero-order valence-corrected chi connectivity index (χ0v) is 32.3. The van der Waals surface area contributed by atoms with Crippen molar-refractivity contribution in [3.8, 4) is 5.75 Å². The highest BCUT2D eigenvalue weighted by Crippen LogP contribution is 2.19. The van der Waals surface area contributed by atoms with E-state index in [1.54, 1.807) is 18.3 Å². The van der Waals surface area contributed by atoms with Crippen LogP contribution in [0.3, 0.4) is 0 Å². The number of aromatic amines is 1. The second-order valence-electron chi connectivity index (χ2n) is 14.0. The van der Waals surface area contributed by atoms with Crippen molar-refractivity contribution in [2.75, 3.05) is 19.6 Å². The lowest BCUT2D eigenvalue weighted by Gasteiger charge is -2.26. The van der Waals surface area contributed by atoms with Gasteiger partial charge in [0.2, 0.25) is 35.4 Å². The number of benzene rings is 2. The van der Waals surface area contributed by atoms with Crippen LogP contribution in [0.2, 0.25) is 0 Å². The van der Waals surface area contributed by atoms with Crippen LogP contribution in [0.25, 0.3) is 10.9 Å². The zero-order valence-electron chi connectivity index (χ0n) is 32.3. The predicted octanol–water partition coefficient (Wildman–Crippen LogP) is -1.35. The Balaban J connectivity index is 1.80. The van der Waals surface area contributed by atoms with Gasteiger partial charge in [-0.2, -0.15) is 0 Å². The monoisotopic (exact) mass is 808 g/mol. The summed E-state index contributed by atoms with van der Waals surface area (Å²) < 4.78 is 0. The number of H-pyrrole nitrogens is 1. The first kappa shape index (κ1) is 46.3. The minimum absolute atomic E-state index is 0.0148. The maximum atomic E-state index is 14.1. The van der Waals surface area contributed by atoms with E-state index in [2.05, 4.69) is 31.6 Å². The molecule has 0 fully saturated rings. The first-order chi connectivity index (χ1) is 27.7. The summed E-state index contributed by atoms with van der Waals surface area (Å²) in [6, 6.07) is 7.35. The molecule has 0 unspecified atom stereocenters. The molecule has 1 heterocycles. The van der Waals surface area contributed by atoms with E-state index in [0.717, 1.165) is 10.9 Å². The number of phenolic OH excluding ortho intramolecular Hbond substituents is 1. The molecular formula is C39H56N10O9. The summed E-state index contributed by atoms with van der Waals surface area (Å²) in [7, 11) is 0. The highest BCUT2D eigenvalue weighted by Gasteiger charge is 2.32. The van der Waals surface area contributed by atoms with Crippen LogP contribution in [-0.2, 0) is 46.4 Å². The molecule has 316 valence electrons. The Morgan fingerprint density at radius 1 is 0.672 bits per heavy atom. The van der Waals surface area contributed by atoms with Crippen molar-refractivity contribution in [1.82, 2.24) is 31.6 Å². The second kappa shape index (κ2) is 23.9. The largest absolute Gasteiger partial charge is 0.508 e. The number of carbonyl (C=O) groups is 7. The summed E-state index contributed by atoms with van der Waals surface area (Å²) in [5.74, 6) is -5.71. The fourth-order valence-electron chi connectivity index (χ4n) is 6.14. The number of phenols is 1. The van der Waals surface area contributed by atoms with Gasteiger partial charge in [0.15, 0.2) is 0 Å². The number of amides is 6. The Morgan fingerprint density at radius 3 is 1.81 bits per heavy atom. The number of aromatic hydroxyl groups is 1. The zero-order chi connectivity index (χ0) is 42.6. The van der Waals surface area contributed by atoms with Crippen LogP contribution in [0.5, 0.6) is 5.75 Å². The van der Waals surface area contributed by atoms with Crippen molar-refractivity contribution in [2.24, 2.45) is 22.9 Å². The Morgan fingerprint density at radius 2 is 1.24 bits per heavy atom. The smallest absolute Gasteiger partial charge is 0.326 e. The fraction of sp³-hybridized carbons (Fsp3) is 0.462. The molecule has 58 heavy (non-hydrogen) atoms. The Hall–Kier alpha value is -6.05. The number of unbranched alkanes of at least 4 members (excludes halogenated alkanes) is 2. The van der Waals surface area contributed by atoms with Gasteiger partial charge in [0.1, 0.15) is 29.9 Å². The van der Waals surface area contributed by atoms with E-state index in [4.69, 9.17) is 22.9 Å². The molecular weight excluding hydrogens is 752 g/mol. The molecule has 6 amide bonds. The van der Waals surface area contributed by atoms with Crippen LogP contribution in [-0.4, -0.2) is 106 Å². The molecule has 2 aromatic carbocycles. The van der Waals surface area contributed by atoms with Gasteiger partial charge in [0, 0.05) is 29.9 Å². The summed E-state index contributed by atoms with van der Waals surface area (Å²) in [5.41, 5.74) is 24.7. The molecule has 0 aliphatic carbocycles. The molecule has 3 rings (SSSR count). The maximum absolute atomic E-state index is 14.1. The SMILES string of the molecule is NCCCC[C@H](NC(=O)[C@H](CCCCN)NC(=O)[C@H](Cc1c[nH]c2ccccc12)NC(=O)CNC(=O)[C@@H](N)Cc1ccc(O)cc1)C(=O)N[C@@H](CCC(N)=O)C(=O)O. The molecule has 0 saturated carbocycles. The van der Waals surface area contributed by atoms with E-state index in [1.165, 1.54) is 12.1 Å². The lowest BCUT2D eigenvalue weighted by molar-refractivity contribution is -0.142. The maximum Gasteiger partial charge on any atom is 0.326 e. The number of para-hydroxylation sites is 1. The van der Waals surface area contributed by atoms with Gasteiger partial charge in [0.25, 0.3) is 0 Å². The van der Waals surface area contributed by atoms with Gasteiger partial charge in [-0.15, -0.1) is 0 Å². The second-order valence-corrected chi connectivity index (χ2v) is 14.0. The Kier molecular flexibility index (Phi) is 19.1. The highest BCUT2D eigenvalue weighted by atomic mass is 16.4. The molecule has 19 nitrogen and oxygen atoms in total. The third-order valence-corrected chi connectivity index (χ3v) is 9.36. The number of carboxylic acid groups (broad SMARTS) is 1. The van der Waals surface area contributed by atoms with Crippen LogP contribution >= 0.6 is 0 Å². The molecule has 16 N–H and O–H groups in total. The average Bonchev–Trinajstić information content (AvgIpc) is 3.60. The number of aliphatic carboxylic acids is 1. The number of fused-ring (bicyclic) bond motifs is 1. The van der Waals surface area contributed by atoms with Crippen molar-refractivity contribution < 1.29 is 43.8 Å². The number of primary amides is 1. The van der Waals surface area contributed by atoms with Crippen molar-refractivity contribution >= 4 is 52.3 Å². The number of hydrogen-bond acceptors (Lipinski definition) is 11. The van der Waals surface area contributed by atoms with Gasteiger partial charge in [-0.1, -0.05) is 30.3 Å². The first-order valence-corrected chi connectivity index (χ1v) is 19.2. The topological polar surface area (TPSA) is 340 Å². The summed E-state index contributed by atoms with van der Waals surface area (Å²) >= 11 is 0. The minimum atomic E-state index is -1.46. The number of nitrogens with one attached hydrogen (secondary N) is 6. The molecule has 5 atom stereocenters. The van der Waals surface area contributed by atoms with Gasteiger partial charge in [-0.25, -0.2) is 4.79 Å². The summed E-state index contributed by atoms with van der Waals surface area (Å²) in [6.45, 7) is 0.0880. The van der Waals surface area contributed by atoms with Gasteiger partial charge < -0.3 is 64.7 Å². The fourth-order valence-corrected chi connectivity index (χ4v) is 6.14.